The number of aliphatic hydroxyl groups excluding tert-OH is 1. The van der Waals surface area contributed by atoms with Crippen LogP contribution in [0.5, 0.6) is 0 Å². The van der Waals surface area contributed by atoms with Gasteiger partial charge in [0.15, 0.2) is 0 Å². The molecule has 0 aliphatic heterocycles. The highest BCUT2D eigenvalue weighted by Crippen LogP contribution is 2.25. The second-order valence-corrected chi connectivity index (χ2v) is 12.2. The quantitative estimate of drug-likeness (QED) is 0.526. The number of rotatable bonds is 9. The number of esters is 1. The van der Waals surface area contributed by atoms with Crippen LogP contribution in [-0.4, -0.2) is 32.4 Å². The van der Waals surface area contributed by atoms with Gasteiger partial charge in [0.25, 0.3) is 0 Å². The molecule has 1 N–H and O–H groups in total. The summed E-state index contributed by atoms with van der Waals surface area (Å²) in [4.78, 5) is 12.1. The van der Waals surface area contributed by atoms with Gasteiger partial charge >= 0.3 is 5.97 Å². The van der Waals surface area contributed by atoms with E-state index in [0.717, 1.165) is 6.04 Å². The number of hydrogen-bond acceptors (Lipinski definition) is 3. The van der Waals surface area contributed by atoms with Crippen molar-refractivity contribution in [3.63, 3.8) is 0 Å². The molecule has 26 heavy (non-hydrogen) atoms. The molecule has 0 unspecified atom stereocenters. The molecule has 0 aromatic heterocycles. The minimum atomic E-state index is -1.69. The Hall–Kier alpha value is -2.17. The second kappa shape index (κ2) is 9.50. The van der Waals surface area contributed by atoms with E-state index in [1.165, 1.54) is 10.8 Å². The Morgan fingerprint density at radius 2 is 1.65 bits per heavy atom. The molecule has 4 heteroatoms. The summed E-state index contributed by atoms with van der Waals surface area (Å²) >= 11 is 0. The first-order valence-corrected chi connectivity index (χ1v) is 12.2. The zero-order chi connectivity index (χ0) is 19.0. The molecular weight excluding hydrogens is 340 g/mol. The molecule has 1 atom stereocenters. The Labute approximate surface area is 157 Å². The Bertz CT molecular complexity index is 711. The minimum Gasteiger partial charge on any atom is -0.462 e. The van der Waals surface area contributed by atoms with Gasteiger partial charge in [0.1, 0.15) is 0 Å². The summed E-state index contributed by atoms with van der Waals surface area (Å²) in [6.07, 6.45) is 0.685. The highest BCUT2D eigenvalue weighted by atomic mass is 28.3. The largest absolute Gasteiger partial charge is 0.462 e. The summed E-state index contributed by atoms with van der Waals surface area (Å²) in [6.45, 7) is 9.09. The van der Waals surface area contributed by atoms with Crippen LogP contribution >= 0.6 is 0 Å². The van der Waals surface area contributed by atoms with Gasteiger partial charge in [0, 0.05) is 12.5 Å². The topological polar surface area (TPSA) is 46.5 Å². The number of allylic oxidation sites excluding steroid dienone is 1. The van der Waals surface area contributed by atoms with E-state index in [1.807, 2.05) is 12.1 Å². The predicted octanol–water partition coefficient (Wildman–Crippen LogP) is 4.43. The zero-order valence-electron chi connectivity index (χ0n) is 15.7. The number of benzene rings is 2. The number of carbonyl (C=O) groups excluding carboxylic acids is 1. The fourth-order valence-electron chi connectivity index (χ4n) is 2.88. The zero-order valence-corrected chi connectivity index (χ0v) is 16.7. The van der Waals surface area contributed by atoms with Gasteiger partial charge in [-0.15, -0.1) is 6.58 Å². The van der Waals surface area contributed by atoms with Crippen LogP contribution in [0.1, 0.15) is 22.3 Å². The van der Waals surface area contributed by atoms with Crippen molar-refractivity contribution in [3.05, 3.63) is 83.6 Å². The van der Waals surface area contributed by atoms with Gasteiger partial charge < -0.3 is 9.84 Å². The second-order valence-electron chi connectivity index (χ2n) is 7.37. The van der Waals surface area contributed by atoms with Crippen molar-refractivity contribution in [2.75, 3.05) is 13.2 Å². The normalized spacial score (nSPS) is 12.4. The average Bonchev–Trinajstić information content (AvgIpc) is 2.65. The third-order valence-corrected chi connectivity index (χ3v) is 8.11. The van der Waals surface area contributed by atoms with Crippen LogP contribution in [0.15, 0.2) is 72.4 Å². The Morgan fingerprint density at radius 3 is 2.23 bits per heavy atom. The summed E-state index contributed by atoms with van der Waals surface area (Å²) in [5.41, 5.74) is 1.85. The maximum atomic E-state index is 12.1. The first-order chi connectivity index (χ1) is 12.4. The van der Waals surface area contributed by atoms with Gasteiger partial charge in [-0.2, -0.15) is 0 Å². The molecule has 0 radical (unpaired) electrons. The molecule has 2 aromatic carbocycles. The van der Waals surface area contributed by atoms with Crippen molar-refractivity contribution in [3.8, 4) is 0 Å². The van der Waals surface area contributed by atoms with E-state index in [0.29, 0.717) is 12.0 Å². The molecule has 2 aromatic rings. The minimum absolute atomic E-state index is 0.0170. The summed E-state index contributed by atoms with van der Waals surface area (Å²) < 4.78 is 5.39. The van der Waals surface area contributed by atoms with Gasteiger partial charge in [-0.25, -0.2) is 4.79 Å². The van der Waals surface area contributed by atoms with Crippen LogP contribution in [0.25, 0.3) is 0 Å². The monoisotopic (exact) mass is 368 g/mol. The molecule has 3 nitrogen and oxygen atoms in total. The summed E-state index contributed by atoms with van der Waals surface area (Å²) in [6, 6.07) is 20.4. The predicted molar refractivity (Wildman–Crippen MR) is 109 cm³/mol. The fourth-order valence-corrected chi connectivity index (χ4v) is 5.23. The van der Waals surface area contributed by atoms with Gasteiger partial charge in [0.05, 0.1) is 20.2 Å². The maximum Gasteiger partial charge on any atom is 0.338 e. The van der Waals surface area contributed by atoms with Gasteiger partial charge in [-0.3, -0.25) is 0 Å². The SMILES string of the molecule is C=C(C[C@@H](CO)COC(=O)c1ccccc1)[Si](C)(C)Cc1ccccc1. The van der Waals surface area contributed by atoms with Crippen LogP contribution in [0.4, 0.5) is 0 Å². The summed E-state index contributed by atoms with van der Waals surface area (Å²) in [5.74, 6) is -0.465. The van der Waals surface area contributed by atoms with E-state index in [-0.39, 0.29) is 25.1 Å². The van der Waals surface area contributed by atoms with Crippen LogP contribution in [-0.2, 0) is 10.8 Å². The first kappa shape index (κ1) is 20.1. The van der Waals surface area contributed by atoms with Crippen molar-refractivity contribution in [2.45, 2.75) is 25.6 Å². The molecule has 0 aliphatic carbocycles. The molecule has 0 fully saturated rings. The molecule has 138 valence electrons. The van der Waals surface area contributed by atoms with Gasteiger partial charge in [-0.1, -0.05) is 72.4 Å². The fraction of sp³-hybridized carbons (Fsp3) is 0.318. The Balaban J connectivity index is 1.89. The summed E-state index contributed by atoms with van der Waals surface area (Å²) in [7, 11) is -1.69. The third-order valence-electron chi connectivity index (χ3n) is 4.70. The van der Waals surface area contributed by atoms with Crippen molar-refractivity contribution in [1.29, 1.82) is 0 Å². The molecule has 0 heterocycles. The highest BCUT2D eigenvalue weighted by molar-refractivity contribution is 6.83. The maximum absolute atomic E-state index is 12.1. The van der Waals surface area contributed by atoms with E-state index in [4.69, 9.17) is 4.74 Å². The molecule has 0 bridgehead atoms. The van der Waals surface area contributed by atoms with E-state index in [1.54, 1.807) is 24.3 Å². The van der Waals surface area contributed by atoms with Crippen LogP contribution < -0.4 is 0 Å². The highest BCUT2D eigenvalue weighted by Gasteiger charge is 2.27. The lowest BCUT2D eigenvalue weighted by molar-refractivity contribution is 0.0389. The lowest BCUT2D eigenvalue weighted by atomic mass is 10.1. The van der Waals surface area contributed by atoms with Gasteiger partial charge in [-0.05, 0) is 24.6 Å². The molecule has 0 spiro atoms. The van der Waals surface area contributed by atoms with E-state index >= 15 is 0 Å². The third kappa shape index (κ3) is 5.97. The van der Waals surface area contributed by atoms with Crippen molar-refractivity contribution >= 4 is 14.0 Å². The first-order valence-electron chi connectivity index (χ1n) is 8.97. The molecule has 2 rings (SSSR count). The smallest absolute Gasteiger partial charge is 0.338 e. The van der Waals surface area contributed by atoms with E-state index in [9.17, 15) is 9.90 Å². The molecule has 0 saturated heterocycles. The van der Waals surface area contributed by atoms with Crippen LogP contribution in [0, 0.1) is 5.92 Å². The van der Waals surface area contributed by atoms with Crippen molar-refractivity contribution < 1.29 is 14.6 Å². The van der Waals surface area contributed by atoms with Crippen LogP contribution in [0.3, 0.4) is 0 Å². The van der Waals surface area contributed by atoms with E-state index in [2.05, 4.69) is 43.9 Å². The van der Waals surface area contributed by atoms with Crippen LogP contribution in [0.2, 0.25) is 13.1 Å². The Morgan fingerprint density at radius 1 is 1.08 bits per heavy atom. The number of aliphatic hydroxyl groups is 1. The molecule has 0 amide bonds. The Kier molecular flexibility index (Phi) is 7.36. The molecule has 0 saturated carbocycles. The number of ether oxygens (including phenoxy) is 1. The van der Waals surface area contributed by atoms with Gasteiger partial charge in [0.2, 0.25) is 0 Å². The molecular formula is C22H28O3Si. The average molecular weight is 369 g/mol. The van der Waals surface area contributed by atoms with E-state index < -0.39 is 8.07 Å². The molecule has 0 aliphatic rings. The lowest BCUT2D eigenvalue weighted by Gasteiger charge is -2.28. The van der Waals surface area contributed by atoms with Crippen molar-refractivity contribution in [2.24, 2.45) is 5.92 Å². The standard InChI is InChI=1S/C22H28O3Si/c1-18(26(2,3)17-19-10-6-4-7-11-19)14-20(15-23)16-25-22(24)21-12-8-5-9-13-21/h4-13,20,23H,1,14-17H2,2-3H3/t20-/m0/s1. The summed E-state index contributed by atoms with van der Waals surface area (Å²) in [5, 5.41) is 10.9. The number of carbonyl (C=O) groups is 1. The number of hydrogen-bond donors (Lipinski definition) is 1. The lowest BCUT2D eigenvalue weighted by Crippen LogP contribution is -2.34. The van der Waals surface area contributed by atoms with Crippen molar-refractivity contribution in [1.82, 2.24) is 0 Å².